The van der Waals surface area contributed by atoms with E-state index in [2.05, 4.69) is 22.2 Å². The summed E-state index contributed by atoms with van der Waals surface area (Å²) in [6.45, 7) is 4.87. The Morgan fingerprint density at radius 1 is 1.61 bits per heavy atom. The van der Waals surface area contributed by atoms with Gasteiger partial charge in [-0.25, -0.2) is 9.78 Å². The van der Waals surface area contributed by atoms with Crippen molar-refractivity contribution in [2.24, 2.45) is 5.92 Å². The molecule has 2 heterocycles. The van der Waals surface area contributed by atoms with Gasteiger partial charge in [0.05, 0.1) is 5.56 Å². The molecule has 1 atom stereocenters. The van der Waals surface area contributed by atoms with E-state index in [1.54, 1.807) is 19.1 Å². The molecule has 5 nitrogen and oxygen atoms in total. The quantitative estimate of drug-likeness (QED) is 0.845. The fourth-order valence-corrected chi connectivity index (χ4v) is 2.32. The molecular weight excluding hydrogens is 230 g/mol. The zero-order valence-corrected chi connectivity index (χ0v) is 10.8. The highest BCUT2D eigenvalue weighted by Gasteiger charge is 2.19. The molecule has 5 heteroatoms. The molecule has 2 N–H and O–H groups in total. The number of nitrogens with zero attached hydrogens (tertiary/aromatic N) is 2. The molecular formula is C13H19N3O2. The van der Waals surface area contributed by atoms with Crippen LogP contribution in [0.15, 0.2) is 12.1 Å². The van der Waals surface area contributed by atoms with E-state index in [9.17, 15) is 4.79 Å². The molecule has 2 rings (SSSR count). The van der Waals surface area contributed by atoms with Gasteiger partial charge in [-0.2, -0.15) is 0 Å². The molecule has 1 fully saturated rings. The lowest BCUT2D eigenvalue weighted by atomic mass is 10.1. The van der Waals surface area contributed by atoms with Crippen LogP contribution >= 0.6 is 0 Å². The standard InChI is InChI=1S/C13H19N3O2/c1-9-5-11(13(17)18)6-12(15-9)14-7-10-3-4-16(2)8-10/h5-6,10H,3-4,7-8H2,1-2H3,(H,14,15)(H,17,18). The van der Waals surface area contributed by atoms with Crippen LogP contribution in [0.3, 0.4) is 0 Å². The number of carboxylic acids is 1. The maximum Gasteiger partial charge on any atom is 0.335 e. The number of carboxylic acid groups (broad SMARTS) is 1. The molecule has 1 aliphatic heterocycles. The first-order chi connectivity index (χ1) is 8.54. The minimum atomic E-state index is -0.913. The third-order valence-electron chi connectivity index (χ3n) is 3.26. The number of likely N-dealkylation sites (tertiary alicyclic amines) is 1. The monoisotopic (exact) mass is 249 g/mol. The summed E-state index contributed by atoms with van der Waals surface area (Å²) in [6, 6.07) is 3.17. The molecule has 1 unspecified atom stereocenters. The van der Waals surface area contributed by atoms with E-state index in [-0.39, 0.29) is 5.56 Å². The number of aromatic carboxylic acids is 1. The molecule has 0 spiro atoms. The maximum absolute atomic E-state index is 10.9. The number of anilines is 1. The third-order valence-corrected chi connectivity index (χ3v) is 3.26. The number of rotatable bonds is 4. The third kappa shape index (κ3) is 3.20. The molecule has 1 aliphatic rings. The molecule has 0 aromatic carbocycles. The van der Waals surface area contributed by atoms with Crippen LogP contribution in [0.1, 0.15) is 22.5 Å². The summed E-state index contributed by atoms with van der Waals surface area (Å²) in [5, 5.41) is 12.2. The predicted octanol–water partition coefficient (Wildman–Crippen LogP) is 1.45. The van der Waals surface area contributed by atoms with Crippen LogP contribution in [0.4, 0.5) is 5.82 Å². The van der Waals surface area contributed by atoms with E-state index < -0.39 is 5.97 Å². The fraction of sp³-hybridized carbons (Fsp3) is 0.538. The number of aryl methyl sites for hydroxylation is 1. The molecule has 0 amide bonds. The lowest BCUT2D eigenvalue weighted by molar-refractivity contribution is 0.0696. The lowest BCUT2D eigenvalue weighted by Crippen LogP contribution is -2.19. The summed E-state index contributed by atoms with van der Waals surface area (Å²) in [7, 11) is 2.12. The topological polar surface area (TPSA) is 65.5 Å². The van der Waals surface area contributed by atoms with Crippen molar-refractivity contribution >= 4 is 11.8 Å². The molecule has 1 aromatic rings. The highest BCUT2D eigenvalue weighted by Crippen LogP contribution is 2.16. The summed E-state index contributed by atoms with van der Waals surface area (Å²) < 4.78 is 0. The van der Waals surface area contributed by atoms with Crippen molar-refractivity contribution < 1.29 is 9.90 Å². The zero-order chi connectivity index (χ0) is 13.1. The van der Waals surface area contributed by atoms with Gasteiger partial charge in [0.25, 0.3) is 0 Å². The van der Waals surface area contributed by atoms with Gasteiger partial charge in [0, 0.05) is 18.8 Å². The lowest BCUT2D eigenvalue weighted by Gasteiger charge is -2.12. The largest absolute Gasteiger partial charge is 0.478 e. The van der Waals surface area contributed by atoms with Crippen LogP contribution in [0, 0.1) is 12.8 Å². The van der Waals surface area contributed by atoms with Crippen molar-refractivity contribution in [3.05, 3.63) is 23.4 Å². The van der Waals surface area contributed by atoms with Crippen molar-refractivity contribution in [3.8, 4) is 0 Å². The number of pyridine rings is 1. The van der Waals surface area contributed by atoms with Crippen LogP contribution in [-0.4, -0.2) is 47.6 Å². The summed E-state index contributed by atoms with van der Waals surface area (Å²) in [5.41, 5.74) is 1.01. The van der Waals surface area contributed by atoms with E-state index in [0.29, 0.717) is 11.7 Å². The highest BCUT2D eigenvalue weighted by atomic mass is 16.4. The second-order valence-electron chi connectivity index (χ2n) is 4.99. The highest BCUT2D eigenvalue weighted by molar-refractivity contribution is 5.88. The van der Waals surface area contributed by atoms with E-state index in [1.165, 1.54) is 6.42 Å². The van der Waals surface area contributed by atoms with Crippen molar-refractivity contribution in [2.75, 3.05) is 32.0 Å². The summed E-state index contributed by atoms with van der Waals surface area (Å²) in [5.74, 6) is 0.358. The summed E-state index contributed by atoms with van der Waals surface area (Å²) in [6.07, 6.45) is 1.18. The van der Waals surface area contributed by atoms with E-state index in [0.717, 1.165) is 25.3 Å². The average molecular weight is 249 g/mol. The molecule has 98 valence electrons. The molecule has 0 radical (unpaired) electrons. The van der Waals surface area contributed by atoms with Crippen molar-refractivity contribution in [2.45, 2.75) is 13.3 Å². The van der Waals surface area contributed by atoms with Gasteiger partial charge >= 0.3 is 5.97 Å². The Hall–Kier alpha value is -1.62. The first kappa shape index (κ1) is 12.8. The Balaban J connectivity index is 1.98. The Labute approximate surface area is 107 Å². The second kappa shape index (κ2) is 5.35. The van der Waals surface area contributed by atoms with E-state index in [4.69, 9.17) is 5.11 Å². The number of hydrogen-bond donors (Lipinski definition) is 2. The summed E-state index contributed by atoms with van der Waals surface area (Å²) in [4.78, 5) is 17.6. The van der Waals surface area contributed by atoms with Gasteiger partial charge in [-0.3, -0.25) is 0 Å². The number of aromatic nitrogens is 1. The number of hydrogen-bond acceptors (Lipinski definition) is 4. The SMILES string of the molecule is Cc1cc(C(=O)O)cc(NCC2CCN(C)C2)n1. The van der Waals surface area contributed by atoms with Crippen LogP contribution in [0.25, 0.3) is 0 Å². The normalized spacial score (nSPS) is 20.0. The Kier molecular flexibility index (Phi) is 3.81. The van der Waals surface area contributed by atoms with E-state index in [1.807, 2.05) is 0 Å². The Bertz CT molecular complexity index is 448. The van der Waals surface area contributed by atoms with Crippen molar-refractivity contribution in [3.63, 3.8) is 0 Å². The zero-order valence-electron chi connectivity index (χ0n) is 10.8. The Morgan fingerprint density at radius 2 is 2.39 bits per heavy atom. The van der Waals surface area contributed by atoms with Gasteiger partial charge in [-0.1, -0.05) is 0 Å². The molecule has 0 aliphatic carbocycles. The molecule has 1 aromatic heterocycles. The smallest absolute Gasteiger partial charge is 0.335 e. The first-order valence-corrected chi connectivity index (χ1v) is 6.19. The van der Waals surface area contributed by atoms with Gasteiger partial charge in [0.1, 0.15) is 5.82 Å². The van der Waals surface area contributed by atoms with E-state index >= 15 is 0 Å². The minimum absolute atomic E-state index is 0.286. The van der Waals surface area contributed by atoms with Gasteiger partial charge in [0.2, 0.25) is 0 Å². The summed E-state index contributed by atoms with van der Waals surface area (Å²) >= 11 is 0. The minimum Gasteiger partial charge on any atom is -0.478 e. The average Bonchev–Trinajstić information content (AvgIpc) is 2.72. The molecule has 0 saturated carbocycles. The van der Waals surface area contributed by atoms with Gasteiger partial charge in [-0.15, -0.1) is 0 Å². The van der Waals surface area contributed by atoms with Crippen LogP contribution in [-0.2, 0) is 0 Å². The van der Waals surface area contributed by atoms with Crippen molar-refractivity contribution in [1.82, 2.24) is 9.88 Å². The van der Waals surface area contributed by atoms with Crippen molar-refractivity contribution in [1.29, 1.82) is 0 Å². The number of carbonyl (C=O) groups is 1. The molecule has 18 heavy (non-hydrogen) atoms. The van der Waals surface area contributed by atoms with Crippen LogP contribution in [0.5, 0.6) is 0 Å². The second-order valence-corrected chi connectivity index (χ2v) is 4.99. The number of nitrogens with one attached hydrogen (secondary N) is 1. The maximum atomic E-state index is 10.9. The molecule has 0 bridgehead atoms. The predicted molar refractivity (Wildman–Crippen MR) is 70.0 cm³/mol. The first-order valence-electron chi connectivity index (χ1n) is 6.19. The van der Waals surface area contributed by atoms with Crippen LogP contribution < -0.4 is 5.32 Å². The van der Waals surface area contributed by atoms with Gasteiger partial charge < -0.3 is 15.3 Å². The van der Waals surface area contributed by atoms with Crippen LogP contribution in [0.2, 0.25) is 0 Å². The van der Waals surface area contributed by atoms with Gasteiger partial charge in [0.15, 0.2) is 0 Å². The Morgan fingerprint density at radius 3 is 3.00 bits per heavy atom. The van der Waals surface area contributed by atoms with Gasteiger partial charge in [-0.05, 0) is 45.0 Å². The molecule has 1 saturated heterocycles. The fourth-order valence-electron chi connectivity index (χ4n) is 2.32.